The summed E-state index contributed by atoms with van der Waals surface area (Å²) >= 11 is 0. The minimum Gasteiger partial charge on any atom is -0.491 e. The number of amides is 1. The molecule has 3 N–H and O–H groups in total. The fraction of sp³-hybridized carbons (Fsp3) is 0.632. The molecule has 0 saturated heterocycles. The van der Waals surface area contributed by atoms with E-state index in [-0.39, 0.29) is 36.8 Å². The Morgan fingerprint density at radius 3 is 2.50 bits per heavy atom. The largest absolute Gasteiger partial charge is 0.491 e. The van der Waals surface area contributed by atoms with Crippen molar-refractivity contribution in [1.29, 1.82) is 0 Å². The molecule has 0 radical (unpaired) electrons. The number of carbonyl (C=O) groups is 1. The molecule has 1 aliphatic rings. The molecule has 3 atom stereocenters. The highest BCUT2D eigenvalue weighted by Gasteiger charge is 2.62. The lowest BCUT2D eigenvalue weighted by molar-refractivity contribution is -0.171. The lowest BCUT2D eigenvalue weighted by atomic mass is 9.54. The molecule has 28 heavy (non-hydrogen) atoms. The smallest absolute Gasteiger partial charge is 0.419 e. The van der Waals surface area contributed by atoms with Crippen molar-refractivity contribution in [3.8, 4) is 5.75 Å². The minimum atomic E-state index is -4.51. The SMILES string of the molecule is CCOC1CC(N)(C(=O)NC(C)COc2ccccc2C(F)(F)F)C1(C)C.Cl. The second-order valence-electron chi connectivity index (χ2n) is 7.52. The third-order valence-corrected chi connectivity index (χ3v) is 5.29. The summed E-state index contributed by atoms with van der Waals surface area (Å²) in [6.45, 7) is 7.71. The Morgan fingerprint density at radius 2 is 1.96 bits per heavy atom. The predicted molar refractivity (Wildman–Crippen MR) is 103 cm³/mol. The van der Waals surface area contributed by atoms with E-state index in [2.05, 4.69) is 5.32 Å². The van der Waals surface area contributed by atoms with Crippen LogP contribution in [0.1, 0.15) is 39.7 Å². The molecule has 3 unspecified atom stereocenters. The molecular formula is C19H28ClF3N2O3. The molecule has 9 heteroatoms. The van der Waals surface area contributed by atoms with Crippen molar-refractivity contribution in [2.45, 2.75) is 58.0 Å². The lowest BCUT2D eigenvalue weighted by Gasteiger charge is -2.57. The predicted octanol–water partition coefficient (Wildman–Crippen LogP) is 3.54. The third-order valence-electron chi connectivity index (χ3n) is 5.29. The summed E-state index contributed by atoms with van der Waals surface area (Å²) in [7, 11) is 0. The number of hydrogen-bond donors (Lipinski definition) is 2. The van der Waals surface area contributed by atoms with Crippen molar-refractivity contribution in [1.82, 2.24) is 5.32 Å². The Labute approximate surface area is 169 Å². The molecule has 0 aliphatic heterocycles. The fourth-order valence-electron chi connectivity index (χ4n) is 3.26. The van der Waals surface area contributed by atoms with Crippen molar-refractivity contribution in [3.63, 3.8) is 0 Å². The summed E-state index contributed by atoms with van der Waals surface area (Å²) in [5, 5.41) is 2.74. The van der Waals surface area contributed by atoms with Gasteiger partial charge in [0.15, 0.2) is 0 Å². The van der Waals surface area contributed by atoms with Gasteiger partial charge in [0.2, 0.25) is 5.91 Å². The van der Waals surface area contributed by atoms with Gasteiger partial charge in [-0.25, -0.2) is 0 Å². The van der Waals surface area contributed by atoms with Crippen LogP contribution in [0.25, 0.3) is 0 Å². The number of hydrogen-bond acceptors (Lipinski definition) is 4. The Balaban J connectivity index is 0.00000392. The van der Waals surface area contributed by atoms with Crippen LogP contribution in [-0.4, -0.2) is 36.8 Å². The molecule has 1 fully saturated rings. The summed E-state index contributed by atoms with van der Waals surface area (Å²) in [6.07, 6.45) is -4.22. The van der Waals surface area contributed by atoms with Crippen molar-refractivity contribution in [3.05, 3.63) is 29.8 Å². The topological polar surface area (TPSA) is 73.6 Å². The fourth-order valence-corrected chi connectivity index (χ4v) is 3.26. The van der Waals surface area contributed by atoms with Crippen molar-refractivity contribution in [2.75, 3.05) is 13.2 Å². The number of nitrogens with one attached hydrogen (secondary N) is 1. The second-order valence-corrected chi connectivity index (χ2v) is 7.52. The van der Waals surface area contributed by atoms with Gasteiger partial charge in [0.25, 0.3) is 0 Å². The van der Waals surface area contributed by atoms with Crippen LogP contribution in [0, 0.1) is 5.41 Å². The second kappa shape index (κ2) is 8.88. The van der Waals surface area contributed by atoms with Gasteiger partial charge >= 0.3 is 6.18 Å². The maximum absolute atomic E-state index is 13.0. The lowest BCUT2D eigenvalue weighted by Crippen LogP contribution is -2.76. The van der Waals surface area contributed by atoms with Gasteiger partial charge < -0.3 is 20.5 Å². The number of rotatable bonds is 7. The van der Waals surface area contributed by atoms with E-state index in [0.29, 0.717) is 13.0 Å². The minimum absolute atomic E-state index is 0. The number of benzene rings is 1. The van der Waals surface area contributed by atoms with Gasteiger partial charge in [-0.1, -0.05) is 26.0 Å². The molecule has 0 bridgehead atoms. The van der Waals surface area contributed by atoms with E-state index in [9.17, 15) is 18.0 Å². The first kappa shape index (κ1) is 24.5. The number of para-hydroxylation sites is 1. The van der Waals surface area contributed by atoms with Crippen LogP contribution >= 0.6 is 12.4 Å². The highest BCUT2D eigenvalue weighted by molar-refractivity contribution is 5.89. The first-order chi connectivity index (χ1) is 12.4. The number of nitrogens with two attached hydrogens (primary N) is 1. The van der Waals surface area contributed by atoms with Gasteiger partial charge in [0, 0.05) is 18.4 Å². The van der Waals surface area contributed by atoms with Crippen LogP contribution in [-0.2, 0) is 15.7 Å². The quantitative estimate of drug-likeness (QED) is 0.702. The van der Waals surface area contributed by atoms with Crippen LogP contribution in [0.15, 0.2) is 24.3 Å². The monoisotopic (exact) mass is 424 g/mol. The summed E-state index contributed by atoms with van der Waals surface area (Å²) in [4.78, 5) is 12.6. The van der Waals surface area contributed by atoms with E-state index in [1.807, 2.05) is 20.8 Å². The normalized spacial score (nSPS) is 24.5. The van der Waals surface area contributed by atoms with Gasteiger partial charge in [-0.15, -0.1) is 12.4 Å². The van der Waals surface area contributed by atoms with Crippen LogP contribution in [0.3, 0.4) is 0 Å². The van der Waals surface area contributed by atoms with Crippen LogP contribution in [0.2, 0.25) is 0 Å². The average molecular weight is 425 g/mol. The maximum atomic E-state index is 13.0. The van der Waals surface area contributed by atoms with E-state index in [4.69, 9.17) is 15.2 Å². The average Bonchev–Trinajstić information content (AvgIpc) is 2.59. The van der Waals surface area contributed by atoms with Crippen molar-refractivity contribution in [2.24, 2.45) is 11.1 Å². The molecule has 1 amide bonds. The summed E-state index contributed by atoms with van der Waals surface area (Å²) < 4.78 is 49.9. The number of alkyl halides is 3. The van der Waals surface area contributed by atoms with E-state index in [1.54, 1.807) is 6.92 Å². The van der Waals surface area contributed by atoms with Crippen LogP contribution < -0.4 is 15.8 Å². The highest BCUT2D eigenvalue weighted by Crippen LogP contribution is 2.49. The van der Waals surface area contributed by atoms with Gasteiger partial charge in [-0.2, -0.15) is 13.2 Å². The Hall–Kier alpha value is -1.51. The van der Waals surface area contributed by atoms with Gasteiger partial charge in [0.05, 0.1) is 17.7 Å². The molecule has 0 spiro atoms. The van der Waals surface area contributed by atoms with Gasteiger partial charge in [-0.3, -0.25) is 4.79 Å². The number of carbonyl (C=O) groups excluding carboxylic acids is 1. The highest BCUT2D eigenvalue weighted by atomic mass is 35.5. The Morgan fingerprint density at radius 1 is 1.36 bits per heavy atom. The zero-order valence-electron chi connectivity index (χ0n) is 16.4. The summed E-state index contributed by atoms with van der Waals surface area (Å²) in [6, 6.07) is 4.46. The van der Waals surface area contributed by atoms with Gasteiger partial charge in [0.1, 0.15) is 17.9 Å². The zero-order chi connectivity index (χ0) is 20.5. The molecule has 1 aromatic carbocycles. The molecule has 0 aromatic heterocycles. The Kier molecular flexibility index (Phi) is 7.78. The van der Waals surface area contributed by atoms with Crippen LogP contribution in [0.5, 0.6) is 5.75 Å². The molecule has 0 heterocycles. The van der Waals surface area contributed by atoms with E-state index in [0.717, 1.165) is 6.07 Å². The molecule has 1 aromatic rings. The summed E-state index contributed by atoms with van der Waals surface area (Å²) in [5.74, 6) is -0.627. The van der Waals surface area contributed by atoms with Crippen LogP contribution in [0.4, 0.5) is 13.2 Å². The first-order valence-electron chi connectivity index (χ1n) is 8.94. The number of halogens is 4. The molecule has 160 valence electrons. The summed E-state index contributed by atoms with van der Waals surface area (Å²) in [5.41, 5.74) is 3.81. The third kappa shape index (κ3) is 4.72. The van der Waals surface area contributed by atoms with Gasteiger partial charge in [-0.05, 0) is 26.0 Å². The zero-order valence-corrected chi connectivity index (χ0v) is 17.2. The molecule has 1 aliphatic carbocycles. The van der Waals surface area contributed by atoms with E-state index in [1.165, 1.54) is 18.2 Å². The molecule has 1 saturated carbocycles. The van der Waals surface area contributed by atoms with Crippen molar-refractivity contribution >= 4 is 18.3 Å². The molecule has 2 rings (SSSR count). The maximum Gasteiger partial charge on any atom is 0.419 e. The Bertz CT molecular complexity index is 685. The van der Waals surface area contributed by atoms with E-state index < -0.39 is 28.7 Å². The number of ether oxygens (including phenoxy) is 2. The van der Waals surface area contributed by atoms with E-state index >= 15 is 0 Å². The molecular weight excluding hydrogens is 397 g/mol. The first-order valence-corrected chi connectivity index (χ1v) is 8.94. The molecule has 5 nitrogen and oxygen atoms in total. The van der Waals surface area contributed by atoms with Crippen molar-refractivity contribution < 1.29 is 27.4 Å². The standard InChI is InChI=1S/C19H27F3N2O3.ClH/c1-5-26-15-10-18(23,17(15,3)4)16(25)24-12(2)11-27-14-9-7-6-8-13(14)19(20,21)22;/h6-9,12,15H,5,10-11,23H2,1-4H3,(H,24,25);1H.